The maximum Gasteiger partial charge on any atom is 0.0563 e. The Labute approximate surface area is 101 Å². The zero-order chi connectivity index (χ0) is 11.4. The van der Waals surface area contributed by atoms with Gasteiger partial charge in [0.1, 0.15) is 0 Å². The third-order valence-corrected chi connectivity index (χ3v) is 2.79. The molecule has 0 spiro atoms. The fourth-order valence-electron chi connectivity index (χ4n) is 1.74. The third kappa shape index (κ3) is 2.17. The van der Waals surface area contributed by atoms with E-state index in [-0.39, 0.29) is 0 Å². The normalized spacial score (nSPS) is 10.1. The smallest absolute Gasteiger partial charge is 0.0563 e. The summed E-state index contributed by atoms with van der Waals surface area (Å²) in [7, 11) is 0. The number of hydrogen-bond acceptors (Lipinski definition) is 0. The van der Waals surface area contributed by atoms with Gasteiger partial charge in [-0.25, -0.2) is 0 Å². The molecule has 16 heavy (non-hydrogen) atoms. The molecule has 0 bridgehead atoms. The molecule has 0 atom stereocenters. The maximum absolute atomic E-state index is 6.15. The molecule has 2 aromatic carbocycles. The summed E-state index contributed by atoms with van der Waals surface area (Å²) in [6.07, 6.45) is 2.75. The average molecular weight is 228 g/mol. The van der Waals surface area contributed by atoms with Gasteiger partial charge in [0.05, 0.1) is 5.02 Å². The molecular weight excluding hydrogens is 216 g/mol. The fourth-order valence-corrected chi connectivity index (χ4v) is 1.97. The first-order valence-electron chi connectivity index (χ1n) is 5.18. The molecule has 0 amide bonds. The molecule has 0 heterocycles. The Morgan fingerprint density at radius 1 is 1.12 bits per heavy atom. The van der Waals surface area contributed by atoms with E-state index in [0.717, 1.165) is 17.5 Å². The molecular formula is C15H12Cl. The van der Waals surface area contributed by atoms with E-state index in [9.17, 15) is 0 Å². The minimum Gasteiger partial charge on any atom is -0.103 e. The highest BCUT2D eigenvalue weighted by Crippen LogP contribution is 2.30. The van der Waals surface area contributed by atoms with Crippen molar-refractivity contribution in [3.05, 3.63) is 71.8 Å². The summed E-state index contributed by atoms with van der Waals surface area (Å²) in [5, 5.41) is 0.666. The van der Waals surface area contributed by atoms with Crippen LogP contribution >= 0.6 is 11.6 Å². The Balaban J connectivity index is 2.55. The predicted octanol–water partition coefficient (Wildman–Crippen LogP) is 4.54. The van der Waals surface area contributed by atoms with Crippen LogP contribution in [0.15, 0.2) is 55.1 Å². The van der Waals surface area contributed by atoms with Crippen molar-refractivity contribution >= 4 is 11.6 Å². The minimum absolute atomic E-state index is 0.666. The van der Waals surface area contributed by atoms with E-state index in [0.29, 0.717) is 5.02 Å². The second kappa shape index (κ2) is 5.00. The van der Waals surface area contributed by atoms with Gasteiger partial charge in [-0.2, -0.15) is 0 Å². The van der Waals surface area contributed by atoms with E-state index in [1.807, 2.05) is 36.4 Å². The second-order valence-electron chi connectivity index (χ2n) is 3.55. The SMILES string of the molecule is C=CCc1ccccc1-c1ccc[c]c1Cl. The molecule has 0 aliphatic heterocycles. The van der Waals surface area contributed by atoms with Crippen molar-refractivity contribution in [2.75, 3.05) is 0 Å². The van der Waals surface area contributed by atoms with Crippen molar-refractivity contribution in [3.63, 3.8) is 0 Å². The summed E-state index contributed by atoms with van der Waals surface area (Å²) in [5.74, 6) is 0. The first kappa shape index (κ1) is 11.0. The summed E-state index contributed by atoms with van der Waals surface area (Å²) in [4.78, 5) is 0. The summed E-state index contributed by atoms with van der Waals surface area (Å²) in [6.45, 7) is 3.77. The van der Waals surface area contributed by atoms with Gasteiger partial charge in [0.25, 0.3) is 0 Å². The molecule has 0 aliphatic carbocycles. The van der Waals surface area contributed by atoms with Crippen molar-refractivity contribution in [1.29, 1.82) is 0 Å². The monoisotopic (exact) mass is 227 g/mol. The van der Waals surface area contributed by atoms with E-state index in [2.05, 4.69) is 24.8 Å². The van der Waals surface area contributed by atoms with Crippen LogP contribution in [0.5, 0.6) is 0 Å². The van der Waals surface area contributed by atoms with Gasteiger partial charge in [-0.15, -0.1) is 6.58 Å². The van der Waals surface area contributed by atoms with Crippen LogP contribution in [0.2, 0.25) is 5.02 Å². The van der Waals surface area contributed by atoms with Crippen molar-refractivity contribution in [3.8, 4) is 11.1 Å². The Hall–Kier alpha value is -1.53. The standard InChI is InChI=1S/C15H12Cl/c1-2-7-12-8-3-4-9-13(12)14-10-5-6-11-15(14)16/h2-6,8-10H,1,7H2. The van der Waals surface area contributed by atoms with Gasteiger partial charge in [0.15, 0.2) is 0 Å². The second-order valence-corrected chi connectivity index (χ2v) is 3.93. The van der Waals surface area contributed by atoms with Crippen LogP contribution in [0.3, 0.4) is 0 Å². The van der Waals surface area contributed by atoms with Crippen molar-refractivity contribution in [2.45, 2.75) is 6.42 Å². The zero-order valence-electron chi connectivity index (χ0n) is 8.91. The predicted molar refractivity (Wildman–Crippen MR) is 69.6 cm³/mol. The minimum atomic E-state index is 0.666. The summed E-state index contributed by atoms with van der Waals surface area (Å²) >= 11 is 6.15. The third-order valence-electron chi connectivity index (χ3n) is 2.48. The molecule has 0 nitrogen and oxygen atoms in total. The highest BCUT2D eigenvalue weighted by atomic mass is 35.5. The molecule has 0 saturated carbocycles. The number of rotatable bonds is 3. The largest absolute Gasteiger partial charge is 0.103 e. The van der Waals surface area contributed by atoms with Crippen LogP contribution in [-0.4, -0.2) is 0 Å². The summed E-state index contributed by atoms with van der Waals surface area (Å²) in [6, 6.07) is 17.0. The molecule has 79 valence electrons. The maximum atomic E-state index is 6.15. The molecule has 0 aliphatic rings. The lowest BCUT2D eigenvalue weighted by Crippen LogP contribution is -1.88. The molecule has 0 saturated heterocycles. The molecule has 0 fully saturated rings. The van der Waals surface area contributed by atoms with Crippen LogP contribution in [0.25, 0.3) is 11.1 Å². The molecule has 2 aromatic rings. The van der Waals surface area contributed by atoms with E-state index >= 15 is 0 Å². The fraction of sp³-hybridized carbons (Fsp3) is 0.0667. The molecule has 1 heteroatoms. The van der Waals surface area contributed by atoms with E-state index in [1.54, 1.807) is 0 Å². The van der Waals surface area contributed by atoms with Crippen LogP contribution in [-0.2, 0) is 6.42 Å². The lowest BCUT2D eigenvalue weighted by Gasteiger charge is -2.09. The van der Waals surface area contributed by atoms with Gasteiger partial charge in [-0.3, -0.25) is 0 Å². The van der Waals surface area contributed by atoms with Crippen molar-refractivity contribution < 1.29 is 0 Å². The van der Waals surface area contributed by atoms with Gasteiger partial charge >= 0.3 is 0 Å². The Bertz CT molecular complexity index is 500. The van der Waals surface area contributed by atoms with Crippen LogP contribution in [0.1, 0.15) is 5.56 Å². The highest BCUT2D eigenvalue weighted by molar-refractivity contribution is 6.33. The van der Waals surface area contributed by atoms with E-state index in [4.69, 9.17) is 11.6 Å². The Morgan fingerprint density at radius 3 is 2.62 bits per heavy atom. The molecule has 0 N–H and O–H groups in total. The highest BCUT2D eigenvalue weighted by Gasteiger charge is 2.06. The number of halogens is 1. The average Bonchev–Trinajstić information content (AvgIpc) is 2.31. The number of hydrogen-bond donors (Lipinski definition) is 0. The number of benzene rings is 2. The molecule has 0 aromatic heterocycles. The zero-order valence-corrected chi connectivity index (χ0v) is 9.67. The van der Waals surface area contributed by atoms with Crippen LogP contribution < -0.4 is 0 Å². The lowest BCUT2D eigenvalue weighted by atomic mass is 9.98. The first-order valence-corrected chi connectivity index (χ1v) is 5.56. The van der Waals surface area contributed by atoms with Crippen molar-refractivity contribution in [1.82, 2.24) is 0 Å². The number of allylic oxidation sites excluding steroid dienone is 1. The van der Waals surface area contributed by atoms with Crippen LogP contribution in [0, 0.1) is 6.07 Å². The summed E-state index contributed by atoms with van der Waals surface area (Å²) < 4.78 is 0. The van der Waals surface area contributed by atoms with E-state index < -0.39 is 0 Å². The Morgan fingerprint density at radius 2 is 1.88 bits per heavy atom. The topological polar surface area (TPSA) is 0 Å². The molecule has 1 radical (unpaired) electrons. The summed E-state index contributed by atoms with van der Waals surface area (Å²) in [5.41, 5.74) is 3.42. The van der Waals surface area contributed by atoms with E-state index in [1.165, 1.54) is 5.56 Å². The van der Waals surface area contributed by atoms with Gasteiger partial charge in [0, 0.05) is 11.6 Å². The first-order chi connectivity index (χ1) is 7.83. The molecule has 0 unspecified atom stereocenters. The van der Waals surface area contributed by atoms with Gasteiger partial charge in [0.2, 0.25) is 0 Å². The van der Waals surface area contributed by atoms with Crippen molar-refractivity contribution in [2.24, 2.45) is 0 Å². The lowest BCUT2D eigenvalue weighted by molar-refractivity contribution is 1.28. The van der Waals surface area contributed by atoms with Crippen LogP contribution in [0.4, 0.5) is 0 Å². The molecule has 2 rings (SSSR count). The van der Waals surface area contributed by atoms with Gasteiger partial charge in [-0.05, 0) is 17.5 Å². The van der Waals surface area contributed by atoms with Gasteiger partial charge in [-0.1, -0.05) is 60.1 Å². The Kier molecular flexibility index (Phi) is 3.43. The van der Waals surface area contributed by atoms with Gasteiger partial charge < -0.3 is 0 Å². The quantitative estimate of drug-likeness (QED) is 0.676.